The molecule has 0 aromatic carbocycles. The number of nitrogens with zero attached hydrogens (tertiary/aromatic N) is 2. The SMILES string of the molecule is Cc1nn(C)c(O)c1C(C)C. The van der Waals surface area contributed by atoms with Crippen LogP contribution in [-0.2, 0) is 7.05 Å². The Balaban J connectivity index is 3.22. The van der Waals surface area contributed by atoms with Crippen LogP contribution in [0.15, 0.2) is 0 Å². The summed E-state index contributed by atoms with van der Waals surface area (Å²) in [5.74, 6) is 0.626. The van der Waals surface area contributed by atoms with E-state index in [1.54, 1.807) is 7.05 Å². The highest BCUT2D eigenvalue weighted by molar-refractivity contribution is 5.32. The van der Waals surface area contributed by atoms with Gasteiger partial charge in [0.15, 0.2) is 0 Å². The Morgan fingerprint density at radius 2 is 2.00 bits per heavy atom. The van der Waals surface area contributed by atoms with Crippen molar-refractivity contribution in [3.8, 4) is 5.88 Å². The molecule has 0 bridgehead atoms. The van der Waals surface area contributed by atoms with Crippen LogP contribution in [0.4, 0.5) is 0 Å². The molecule has 0 radical (unpaired) electrons. The highest BCUT2D eigenvalue weighted by Gasteiger charge is 2.14. The summed E-state index contributed by atoms with van der Waals surface area (Å²) in [6, 6.07) is 0. The lowest BCUT2D eigenvalue weighted by Crippen LogP contribution is -1.89. The maximum Gasteiger partial charge on any atom is 0.212 e. The van der Waals surface area contributed by atoms with E-state index < -0.39 is 0 Å². The Labute approximate surface area is 66.7 Å². The van der Waals surface area contributed by atoms with Gasteiger partial charge < -0.3 is 5.11 Å². The van der Waals surface area contributed by atoms with Crippen molar-refractivity contribution in [2.24, 2.45) is 7.05 Å². The third kappa shape index (κ3) is 1.23. The molecule has 1 aromatic heterocycles. The van der Waals surface area contributed by atoms with E-state index in [0.717, 1.165) is 11.3 Å². The number of aromatic hydroxyl groups is 1. The fraction of sp³-hybridized carbons (Fsp3) is 0.625. The Bertz CT molecular complexity index is 263. The van der Waals surface area contributed by atoms with Crippen molar-refractivity contribution in [3.63, 3.8) is 0 Å². The highest BCUT2D eigenvalue weighted by Crippen LogP contribution is 2.27. The maximum absolute atomic E-state index is 9.49. The van der Waals surface area contributed by atoms with E-state index in [1.807, 2.05) is 20.8 Å². The molecule has 1 heterocycles. The molecule has 3 nitrogen and oxygen atoms in total. The molecular formula is C8H14N2O. The lowest BCUT2D eigenvalue weighted by molar-refractivity contribution is 0.412. The summed E-state index contributed by atoms with van der Waals surface area (Å²) in [4.78, 5) is 0. The van der Waals surface area contributed by atoms with Gasteiger partial charge in [0.05, 0.1) is 5.69 Å². The molecule has 0 aliphatic rings. The molecule has 0 spiro atoms. The molecule has 0 unspecified atom stereocenters. The zero-order valence-corrected chi connectivity index (χ0v) is 7.42. The topological polar surface area (TPSA) is 38.0 Å². The molecule has 1 aromatic rings. The van der Waals surface area contributed by atoms with Crippen molar-refractivity contribution in [2.75, 3.05) is 0 Å². The van der Waals surface area contributed by atoms with Gasteiger partial charge in [-0.2, -0.15) is 5.10 Å². The lowest BCUT2D eigenvalue weighted by atomic mass is 10.0. The zero-order chi connectivity index (χ0) is 8.59. The Morgan fingerprint density at radius 3 is 2.18 bits per heavy atom. The van der Waals surface area contributed by atoms with Crippen LogP contribution in [0.3, 0.4) is 0 Å². The van der Waals surface area contributed by atoms with E-state index in [1.165, 1.54) is 4.68 Å². The van der Waals surface area contributed by atoms with E-state index in [2.05, 4.69) is 5.10 Å². The number of aromatic nitrogens is 2. The Morgan fingerprint density at radius 1 is 1.45 bits per heavy atom. The van der Waals surface area contributed by atoms with Crippen LogP contribution in [0, 0.1) is 6.92 Å². The van der Waals surface area contributed by atoms with Gasteiger partial charge in [-0.05, 0) is 12.8 Å². The van der Waals surface area contributed by atoms with Crippen molar-refractivity contribution in [2.45, 2.75) is 26.7 Å². The second kappa shape index (κ2) is 2.57. The van der Waals surface area contributed by atoms with Gasteiger partial charge in [-0.25, -0.2) is 4.68 Å². The Kier molecular flexibility index (Phi) is 1.89. The van der Waals surface area contributed by atoms with Gasteiger partial charge in [0.25, 0.3) is 0 Å². The molecule has 1 rings (SSSR count). The number of rotatable bonds is 1. The molecule has 0 amide bonds. The van der Waals surface area contributed by atoms with Gasteiger partial charge in [0.1, 0.15) is 0 Å². The first-order valence-electron chi connectivity index (χ1n) is 3.76. The minimum atomic E-state index is 0.289. The summed E-state index contributed by atoms with van der Waals surface area (Å²) >= 11 is 0. The molecule has 0 fully saturated rings. The smallest absolute Gasteiger partial charge is 0.212 e. The minimum Gasteiger partial charge on any atom is -0.493 e. The highest BCUT2D eigenvalue weighted by atomic mass is 16.3. The second-order valence-electron chi connectivity index (χ2n) is 3.10. The molecule has 0 aliphatic carbocycles. The van der Waals surface area contributed by atoms with Gasteiger partial charge in [-0.1, -0.05) is 13.8 Å². The van der Waals surface area contributed by atoms with Crippen molar-refractivity contribution in [3.05, 3.63) is 11.3 Å². The van der Waals surface area contributed by atoms with Gasteiger partial charge >= 0.3 is 0 Å². The van der Waals surface area contributed by atoms with Crippen LogP contribution >= 0.6 is 0 Å². The average molecular weight is 154 g/mol. The van der Waals surface area contributed by atoms with Crippen LogP contribution in [0.5, 0.6) is 5.88 Å². The van der Waals surface area contributed by atoms with E-state index in [4.69, 9.17) is 0 Å². The lowest BCUT2D eigenvalue weighted by Gasteiger charge is -2.02. The third-order valence-electron chi connectivity index (χ3n) is 1.81. The minimum absolute atomic E-state index is 0.289. The molecule has 0 atom stereocenters. The molecule has 62 valence electrons. The molecule has 0 aliphatic heterocycles. The maximum atomic E-state index is 9.49. The molecule has 1 N–H and O–H groups in total. The fourth-order valence-electron chi connectivity index (χ4n) is 1.34. The summed E-state index contributed by atoms with van der Waals surface area (Å²) in [7, 11) is 1.74. The molecule has 11 heavy (non-hydrogen) atoms. The van der Waals surface area contributed by atoms with Gasteiger partial charge in [-0.15, -0.1) is 0 Å². The standard InChI is InChI=1S/C8H14N2O/c1-5(2)7-6(3)9-10(4)8(7)11/h5,11H,1-4H3. The van der Waals surface area contributed by atoms with Crippen molar-refractivity contribution < 1.29 is 5.11 Å². The van der Waals surface area contributed by atoms with Gasteiger partial charge in [-0.3, -0.25) is 0 Å². The largest absolute Gasteiger partial charge is 0.493 e. The predicted molar refractivity (Wildman–Crippen MR) is 43.7 cm³/mol. The fourth-order valence-corrected chi connectivity index (χ4v) is 1.34. The van der Waals surface area contributed by atoms with Crippen molar-refractivity contribution >= 4 is 0 Å². The normalized spacial score (nSPS) is 11.0. The summed E-state index contributed by atoms with van der Waals surface area (Å²) in [6.45, 7) is 6.00. The summed E-state index contributed by atoms with van der Waals surface area (Å²) in [5, 5.41) is 13.6. The Hall–Kier alpha value is -0.990. The molecular weight excluding hydrogens is 140 g/mol. The average Bonchev–Trinajstić information content (AvgIpc) is 2.07. The number of aryl methyl sites for hydroxylation is 2. The van der Waals surface area contributed by atoms with E-state index >= 15 is 0 Å². The van der Waals surface area contributed by atoms with Crippen LogP contribution < -0.4 is 0 Å². The van der Waals surface area contributed by atoms with Crippen LogP contribution in [0.1, 0.15) is 31.0 Å². The quantitative estimate of drug-likeness (QED) is 0.666. The monoisotopic (exact) mass is 154 g/mol. The molecule has 3 heteroatoms. The van der Waals surface area contributed by atoms with E-state index in [0.29, 0.717) is 5.92 Å². The predicted octanol–water partition coefficient (Wildman–Crippen LogP) is 1.56. The first kappa shape index (κ1) is 8.11. The summed E-state index contributed by atoms with van der Waals surface area (Å²) < 4.78 is 1.50. The first-order chi connectivity index (χ1) is 5.04. The van der Waals surface area contributed by atoms with Crippen molar-refractivity contribution in [1.29, 1.82) is 0 Å². The number of hydrogen-bond donors (Lipinski definition) is 1. The van der Waals surface area contributed by atoms with Crippen molar-refractivity contribution in [1.82, 2.24) is 9.78 Å². The second-order valence-corrected chi connectivity index (χ2v) is 3.10. The van der Waals surface area contributed by atoms with Crippen LogP contribution in [0.2, 0.25) is 0 Å². The third-order valence-corrected chi connectivity index (χ3v) is 1.81. The zero-order valence-electron chi connectivity index (χ0n) is 7.42. The number of hydrogen-bond acceptors (Lipinski definition) is 2. The van der Waals surface area contributed by atoms with Gasteiger partial charge in [0, 0.05) is 12.6 Å². The van der Waals surface area contributed by atoms with Crippen LogP contribution in [-0.4, -0.2) is 14.9 Å². The van der Waals surface area contributed by atoms with Crippen LogP contribution in [0.25, 0.3) is 0 Å². The van der Waals surface area contributed by atoms with E-state index in [-0.39, 0.29) is 5.88 Å². The summed E-state index contributed by atoms with van der Waals surface area (Å²) in [6.07, 6.45) is 0. The first-order valence-corrected chi connectivity index (χ1v) is 3.76. The summed E-state index contributed by atoms with van der Waals surface area (Å²) in [5.41, 5.74) is 1.87. The van der Waals surface area contributed by atoms with Gasteiger partial charge in [0.2, 0.25) is 5.88 Å². The van der Waals surface area contributed by atoms with E-state index in [9.17, 15) is 5.11 Å². The molecule has 0 saturated heterocycles. The molecule has 0 saturated carbocycles.